The third kappa shape index (κ3) is 4.09. The monoisotopic (exact) mass is 254 g/mol. The molecule has 5 heteroatoms. The fourth-order valence-corrected chi connectivity index (χ4v) is 1.34. The second kappa shape index (κ2) is 6.47. The Labute approximate surface area is 106 Å². The molecule has 0 saturated heterocycles. The van der Waals surface area contributed by atoms with Crippen LogP contribution in [0, 0.1) is 5.82 Å². The van der Waals surface area contributed by atoms with E-state index >= 15 is 0 Å². The van der Waals surface area contributed by atoms with Gasteiger partial charge in [-0.05, 0) is 25.5 Å². The quantitative estimate of drug-likeness (QED) is 0.721. The van der Waals surface area contributed by atoms with E-state index in [9.17, 15) is 14.3 Å². The van der Waals surface area contributed by atoms with Gasteiger partial charge in [-0.15, -0.1) is 0 Å². The first-order valence-corrected chi connectivity index (χ1v) is 5.91. The summed E-state index contributed by atoms with van der Waals surface area (Å²) in [7, 11) is 0. The molecule has 100 valence electrons. The van der Waals surface area contributed by atoms with E-state index in [2.05, 4.69) is 10.6 Å². The summed E-state index contributed by atoms with van der Waals surface area (Å²) in [5, 5.41) is 14.6. The molecule has 4 nitrogen and oxygen atoms in total. The van der Waals surface area contributed by atoms with E-state index < -0.39 is 11.4 Å². The standard InChI is InChI=1S/C13H19FN2O2/c1-3-13(2,9-17)15-8-12(18)16-11-7-5-4-6-10(11)14/h4-7,15,17H,3,8-9H2,1-2H3,(H,16,18). The molecule has 1 rings (SSSR count). The Hall–Kier alpha value is -1.46. The second-order valence-electron chi connectivity index (χ2n) is 4.45. The van der Waals surface area contributed by atoms with E-state index in [1.807, 2.05) is 13.8 Å². The number of rotatable bonds is 6. The zero-order valence-electron chi connectivity index (χ0n) is 10.7. The number of hydrogen-bond donors (Lipinski definition) is 3. The van der Waals surface area contributed by atoms with Gasteiger partial charge in [0.2, 0.25) is 5.91 Å². The maximum atomic E-state index is 13.3. The summed E-state index contributed by atoms with van der Waals surface area (Å²) in [5.74, 6) is -0.806. The van der Waals surface area contributed by atoms with Crippen LogP contribution in [-0.2, 0) is 4.79 Å². The van der Waals surface area contributed by atoms with Crippen LogP contribution >= 0.6 is 0 Å². The lowest BCUT2D eigenvalue weighted by Gasteiger charge is -2.26. The van der Waals surface area contributed by atoms with Crippen LogP contribution in [0.25, 0.3) is 0 Å². The first-order chi connectivity index (χ1) is 8.50. The van der Waals surface area contributed by atoms with Gasteiger partial charge in [0.05, 0.1) is 18.8 Å². The van der Waals surface area contributed by atoms with E-state index in [1.165, 1.54) is 12.1 Å². The van der Waals surface area contributed by atoms with Gasteiger partial charge in [0, 0.05) is 5.54 Å². The van der Waals surface area contributed by atoms with Crippen LogP contribution < -0.4 is 10.6 Å². The molecule has 0 radical (unpaired) electrons. The Morgan fingerprint density at radius 3 is 2.67 bits per heavy atom. The van der Waals surface area contributed by atoms with Crippen molar-refractivity contribution in [1.29, 1.82) is 0 Å². The Morgan fingerprint density at radius 1 is 1.44 bits per heavy atom. The lowest BCUT2D eigenvalue weighted by Crippen LogP contribution is -2.48. The molecule has 1 aromatic carbocycles. The summed E-state index contributed by atoms with van der Waals surface area (Å²) in [5.41, 5.74) is -0.335. The molecule has 1 atom stereocenters. The highest BCUT2D eigenvalue weighted by atomic mass is 19.1. The van der Waals surface area contributed by atoms with Crippen molar-refractivity contribution in [3.05, 3.63) is 30.1 Å². The predicted octanol–water partition coefficient (Wildman–Crippen LogP) is 1.51. The molecular weight excluding hydrogens is 235 g/mol. The number of carbonyl (C=O) groups is 1. The highest BCUT2D eigenvalue weighted by Crippen LogP contribution is 2.12. The average Bonchev–Trinajstić information content (AvgIpc) is 2.39. The van der Waals surface area contributed by atoms with Crippen molar-refractivity contribution in [3.63, 3.8) is 0 Å². The highest BCUT2D eigenvalue weighted by Gasteiger charge is 2.21. The van der Waals surface area contributed by atoms with Gasteiger partial charge >= 0.3 is 0 Å². The van der Waals surface area contributed by atoms with Crippen molar-refractivity contribution < 1.29 is 14.3 Å². The Kier molecular flexibility index (Phi) is 5.25. The Bertz CT molecular complexity index is 406. The SMILES string of the molecule is CCC(C)(CO)NCC(=O)Nc1ccccc1F. The van der Waals surface area contributed by atoms with Crippen molar-refractivity contribution in [2.24, 2.45) is 0 Å². The summed E-state index contributed by atoms with van der Waals surface area (Å²) in [6, 6.07) is 5.99. The molecule has 1 amide bonds. The third-order valence-electron chi connectivity index (χ3n) is 2.95. The fraction of sp³-hybridized carbons (Fsp3) is 0.462. The number of amides is 1. The predicted molar refractivity (Wildman–Crippen MR) is 68.8 cm³/mol. The fourth-order valence-electron chi connectivity index (χ4n) is 1.34. The van der Waals surface area contributed by atoms with Gasteiger partial charge in [0.25, 0.3) is 0 Å². The van der Waals surface area contributed by atoms with Crippen LogP contribution in [0.3, 0.4) is 0 Å². The van der Waals surface area contributed by atoms with E-state index in [4.69, 9.17) is 0 Å². The van der Waals surface area contributed by atoms with Crippen molar-refractivity contribution in [3.8, 4) is 0 Å². The molecule has 0 spiro atoms. The van der Waals surface area contributed by atoms with Gasteiger partial charge in [0.1, 0.15) is 5.82 Å². The number of para-hydroxylation sites is 1. The number of aliphatic hydroxyl groups is 1. The van der Waals surface area contributed by atoms with Gasteiger partial charge in [-0.25, -0.2) is 4.39 Å². The van der Waals surface area contributed by atoms with Crippen molar-refractivity contribution >= 4 is 11.6 Å². The van der Waals surface area contributed by atoms with Gasteiger partial charge in [-0.1, -0.05) is 19.1 Å². The minimum absolute atomic E-state index is 0.0270. The lowest BCUT2D eigenvalue weighted by atomic mass is 10.0. The van der Waals surface area contributed by atoms with E-state index in [-0.39, 0.29) is 24.7 Å². The largest absolute Gasteiger partial charge is 0.394 e. The number of benzene rings is 1. The number of aliphatic hydroxyl groups excluding tert-OH is 1. The van der Waals surface area contributed by atoms with Gasteiger partial charge in [-0.2, -0.15) is 0 Å². The number of anilines is 1. The number of nitrogens with one attached hydrogen (secondary N) is 2. The molecule has 0 aliphatic carbocycles. The summed E-state index contributed by atoms with van der Waals surface area (Å²) in [6.07, 6.45) is 0.691. The molecule has 3 N–H and O–H groups in total. The van der Waals surface area contributed by atoms with Gasteiger partial charge in [0.15, 0.2) is 0 Å². The summed E-state index contributed by atoms with van der Waals surface area (Å²) >= 11 is 0. The van der Waals surface area contributed by atoms with Crippen molar-refractivity contribution in [2.75, 3.05) is 18.5 Å². The van der Waals surface area contributed by atoms with Crippen LogP contribution in [-0.4, -0.2) is 29.7 Å². The molecular formula is C13H19FN2O2. The van der Waals surface area contributed by atoms with Crippen LogP contribution in [0.2, 0.25) is 0 Å². The lowest BCUT2D eigenvalue weighted by molar-refractivity contribution is -0.115. The molecule has 0 aliphatic rings. The minimum Gasteiger partial charge on any atom is -0.394 e. The molecule has 1 aromatic rings. The highest BCUT2D eigenvalue weighted by molar-refractivity contribution is 5.92. The number of carbonyl (C=O) groups excluding carboxylic acids is 1. The number of hydrogen-bond acceptors (Lipinski definition) is 3. The van der Waals surface area contributed by atoms with Crippen LogP contribution in [0.5, 0.6) is 0 Å². The Balaban J connectivity index is 2.50. The topological polar surface area (TPSA) is 61.4 Å². The van der Waals surface area contributed by atoms with Crippen LogP contribution in [0.4, 0.5) is 10.1 Å². The minimum atomic E-state index is -0.493. The molecule has 0 fully saturated rings. The zero-order valence-corrected chi connectivity index (χ0v) is 10.7. The van der Waals surface area contributed by atoms with Gasteiger partial charge < -0.3 is 15.7 Å². The summed E-state index contributed by atoms with van der Waals surface area (Å²) in [4.78, 5) is 11.6. The van der Waals surface area contributed by atoms with E-state index in [0.29, 0.717) is 6.42 Å². The zero-order chi connectivity index (χ0) is 13.6. The first-order valence-electron chi connectivity index (χ1n) is 5.91. The number of halogens is 1. The van der Waals surface area contributed by atoms with Gasteiger partial charge in [-0.3, -0.25) is 4.79 Å². The summed E-state index contributed by atoms with van der Waals surface area (Å²) < 4.78 is 13.3. The first kappa shape index (κ1) is 14.6. The molecule has 0 heterocycles. The third-order valence-corrected chi connectivity index (χ3v) is 2.95. The molecule has 18 heavy (non-hydrogen) atoms. The maximum Gasteiger partial charge on any atom is 0.238 e. The van der Waals surface area contributed by atoms with E-state index in [1.54, 1.807) is 12.1 Å². The maximum absolute atomic E-state index is 13.3. The van der Waals surface area contributed by atoms with Crippen molar-refractivity contribution in [2.45, 2.75) is 25.8 Å². The smallest absolute Gasteiger partial charge is 0.238 e. The second-order valence-corrected chi connectivity index (χ2v) is 4.45. The van der Waals surface area contributed by atoms with E-state index in [0.717, 1.165) is 0 Å². The average molecular weight is 254 g/mol. The summed E-state index contributed by atoms with van der Waals surface area (Å²) in [6.45, 7) is 3.71. The molecule has 0 aromatic heterocycles. The molecule has 0 bridgehead atoms. The molecule has 0 saturated carbocycles. The Morgan fingerprint density at radius 2 is 2.11 bits per heavy atom. The normalized spacial score (nSPS) is 14.0. The van der Waals surface area contributed by atoms with Crippen molar-refractivity contribution in [1.82, 2.24) is 5.32 Å². The molecule has 0 aliphatic heterocycles. The van der Waals surface area contributed by atoms with Crippen LogP contribution in [0.15, 0.2) is 24.3 Å². The molecule has 1 unspecified atom stereocenters. The van der Waals surface area contributed by atoms with Crippen LogP contribution in [0.1, 0.15) is 20.3 Å².